The lowest BCUT2D eigenvalue weighted by Gasteiger charge is -2.00. The number of hydrogen-bond acceptors (Lipinski definition) is 8. The van der Waals surface area contributed by atoms with E-state index in [2.05, 4.69) is 25.7 Å². The van der Waals surface area contributed by atoms with Crippen molar-refractivity contribution in [3.63, 3.8) is 0 Å². The minimum Gasteiger partial charge on any atom is -0.467 e. The smallest absolute Gasteiger partial charge is 0.237 e. The molecule has 10 heteroatoms. The Hall–Kier alpha value is -3.01. The van der Waals surface area contributed by atoms with E-state index in [9.17, 15) is 4.39 Å². The van der Waals surface area contributed by atoms with Gasteiger partial charge in [0.1, 0.15) is 18.1 Å². The van der Waals surface area contributed by atoms with E-state index in [4.69, 9.17) is 8.94 Å². The molecule has 0 aliphatic rings. The average Bonchev–Trinajstić information content (AvgIpc) is 3.36. The van der Waals surface area contributed by atoms with Crippen LogP contribution in [0.2, 0.25) is 0 Å². The molecule has 0 aliphatic heterocycles. The first-order valence-electron chi connectivity index (χ1n) is 7.28. The van der Waals surface area contributed by atoms with Crippen LogP contribution in [0.3, 0.4) is 0 Å². The van der Waals surface area contributed by atoms with Crippen molar-refractivity contribution < 1.29 is 13.3 Å². The predicted molar refractivity (Wildman–Crippen MR) is 84.9 cm³/mol. The molecule has 0 atom stereocenters. The van der Waals surface area contributed by atoms with Crippen molar-refractivity contribution in [2.45, 2.75) is 17.5 Å². The maximum Gasteiger partial charge on any atom is 0.237 e. The van der Waals surface area contributed by atoms with E-state index in [0.29, 0.717) is 34.7 Å². The number of thioether (sulfide) groups is 1. The van der Waals surface area contributed by atoms with Crippen LogP contribution in [-0.4, -0.2) is 30.3 Å². The predicted octanol–water partition coefficient (Wildman–Crippen LogP) is 2.80. The topological polar surface area (TPSA) is 95.7 Å². The zero-order valence-electron chi connectivity index (χ0n) is 12.7. The minimum absolute atomic E-state index is 0.314. The molecule has 1 aromatic carbocycles. The monoisotopic (exact) mass is 358 g/mol. The van der Waals surface area contributed by atoms with E-state index in [1.165, 1.54) is 23.9 Å². The molecule has 0 spiro atoms. The molecule has 0 N–H and O–H groups in total. The zero-order chi connectivity index (χ0) is 17.1. The van der Waals surface area contributed by atoms with Gasteiger partial charge in [-0.3, -0.25) is 0 Å². The lowest BCUT2D eigenvalue weighted by molar-refractivity contribution is 0.391. The molecule has 4 rings (SSSR count). The van der Waals surface area contributed by atoms with E-state index in [1.807, 2.05) is 12.1 Å². The summed E-state index contributed by atoms with van der Waals surface area (Å²) in [6, 6.07) is 9.55. The van der Waals surface area contributed by atoms with Crippen LogP contribution in [0.25, 0.3) is 11.4 Å². The standard InChI is InChI=1S/C15H11FN6O2S/c16-11-5-3-10(4-6-11)14-17-13(24-19-14)9-25-15-18-20-21-22(15)8-12-2-1-7-23-12/h1-7H,8-9H2. The molecule has 3 heterocycles. The summed E-state index contributed by atoms with van der Waals surface area (Å²) in [6.45, 7) is 0.437. The van der Waals surface area contributed by atoms with E-state index in [-0.39, 0.29) is 5.82 Å². The number of tetrazole rings is 1. The molecule has 126 valence electrons. The Labute approximate surface area is 145 Å². The minimum atomic E-state index is -0.314. The Kier molecular flexibility index (Phi) is 4.25. The molecule has 0 amide bonds. The summed E-state index contributed by atoms with van der Waals surface area (Å²) in [4.78, 5) is 4.30. The van der Waals surface area contributed by atoms with Crippen molar-refractivity contribution in [1.29, 1.82) is 0 Å². The number of aromatic nitrogens is 6. The van der Waals surface area contributed by atoms with Crippen molar-refractivity contribution in [3.8, 4) is 11.4 Å². The van der Waals surface area contributed by atoms with Crippen LogP contribution in [-0.2, 0) is 12.3 Å². The summed E-state index contributed by atoms with van der Waals surface area (Å²) < 4.78 is 25.1. The highest BCUT2D eigenvalue weighted by molar-refractivity contribution is 7.98. The Balaban J connectivity index is 1.42. The number of furan rings is 1. The first-order chi connectivity index (χ1) is 12.3. The van der Waals surface area contributed by atoms with Gasteiger partial charge in [-0.2, -0.15) is 4.98 Å². The quantitative estimate of drug-likeness (QED) is 0.486. The third-order valence-corrected chi connectivity index (χ3v) is 4.22. The van der Waals surface area contributed by atoms with Gasteiger partial charge in [0, 0.05) is 5.56 Å². The van der Waals surface area contributed by atoms with Gasteiger partial charge < -0.3 is 8.94 Å². The second kappa shape index (κ2) is 6.85. The van der Waals surface area contributed by atoms with Crippen LogP contribution in [0.1, 0.15) is 11.7 Å². The van der Waals surface area contributed by atoms with Crippen LogP contribution >= 0.6 is 11.8 Å². The SMILES string of the molecule is Fc1ccc(-c2noc(CSc3nnnn3Cc3ccco3)n2)cc1. The van der Waals surface area contributed by atoms with Crippen molar-refractivity contribution >= 4 is 11.8 Å². The summed E-state index contributed by atoms with van der Waals surface area (Å²) in [5.41, 5.74) is 0.684. The van der Waals surface area contributed by atoms with Crippen molar-refractivity contribution in [2.24, 2.45) is 0 Å². The van der Waals surface area contributed by atoms with E-state index in [1.54, 1.807) is 23.1 Å². The second-order valence-electron chi connectivity index (χ2n) is 5.01. The fraction of sp³-hybridized carbons (Fsp3) is 0.133. The highest BCUT2D eigenvalue weighted by Crippen LogP contribution is 2.22. The Morgan fingerprint density at radius 3 is 2.84 bits per heavy atom. The lowest BCUT2D eigenvalue weighted by atomic mass is 10.2. The third kappa shape index (κ3) is 3.58. The number of hydrogen-bond donors (Lipinski definition) is 0. The molecule has 0 saturated carbocycles. The van der Waals surface area contributed by atoms with E-state index >= 15 is 0 Å². The molecular weight excluding hydrogens is 347 g/mol. The molecule has 0 bridgehead atoms. The summed E-state index contributed by atoms with van der Waals surface area (Å²) in [5.74, 6) is 1.69. The normalized spacial score (nSPS) is 11.1. The summed E-state index contributed by atoms with van der Waals surface area (Å²) in [6.07, 6.45) is 1.60. The molecule has 0 unspecified atom stereocenters. The van der Waals surface area contributed by atoms with Crippen molar-refractivity contribution in [2.75, 3.05) is 0 Å². The highest BCUT2D eigenvalue weighted by atomic mass is 32.2. The molecule has 0 aliphatic carbocycles. The first kappa shape index (κ1) is 15.5. The fourth-order valence-corrected chi connectivity index (χ4v) is 2.82. The number of rotatable bonds is 6. The van der Waals surface area contributed by atoms with Crippen LogP contribution in [0.4, 0.5) is 4.39 Å². The average molecular weight is 358 g/mol. The van der Waals surface area contributed by atoms with Crippen LogP contribution in [0.5, 0.6) is 0 Å². The van der Waals surface area contributed by atoms with E-state index in [0.717, 1.165) is 5.76 Å². The van der Waals surface area contributed by atoms with Gasteiger partial charge >= 0.3 is 0 Å². The largest absolute Gasteiger partial charge is 0.467 e. The van der Waals surface area contributed by atoms with Gasteiger partial charge in [-0.25, -0.2) is 9.07 Å². The molecular formula is C15H11FN6O2S. The van der Waals surface area contributed by atoms with Crippen molar-refractivity contribution in [3.05, 3.63) is 60.1 Å². The van der Waals surface area contributed by atoms with Gasteiger partial charge in [0.05, 0.1) is 12.0 Å². The van der Waals surface area contributed by atoms with Gasteiger partial charge in [0.2, 0.25) is 16.9 Å². The van der Waals surface area contributed by atoms with Crippen LogP contribution in [0, 0.1) is 5.82 Å². The molecule has 8 nitrogen and oxygen atoms in total. The third-order valence-electron chi connectivity index (χ3n) is 3.28. The number of halogens is 1. The Bertz CT molecular complexity index is 951. The summed E-state index contributed by atoms with van der Waals surface area (Å²) >= 11 is 1.37. The van der Waals surface area contributed by atoms with Crippen LogP contribution < -0.4 is 0 Å². The van der Waals surface area contributed by atoms with Gasteiger partial charge in [0.15, 0.2) is 0 Å². The number of nitrogens with zero attached hydrogens (tertiary/aromatic N) is 6. The van der Waals surface area contributed by atoms with Crippen LogP contribution in [0.15, 0.2) is 56.8 Å². The maximum absolute atomic E-state index is 13.0. The zero-order valence-corrected chi connectivity index (χ0v) is 13.6. The van der Waals surface area contributed by atoms with Gasteiger partial charge in [-0.1, -0.05) is 16.9 Å². The van der Waals surface area contributed by atoms with Gasteiger partial charge in [-0.15, -0.1) is 5.10 Å². The highest BCUT2D eigenvalue weighted by Gasteiger charge is 2.13. The molecule has 0 radical (unpaired) electrons. The fourth-order valence-electron chi connectivity index (χ4n) is 2.11. The first-order valence-corrected chi connectivity index (χ1v) is 8.26. The van der Waals surface area contributed by atoms with E-state index < -0.39 is 0 Å². The summed E-state index contributed by atoms with van der Waals surface area (Å²) in [7, 11) is 0. The number of benzene rings is 1. The molecule has 0 saturated heterocycles. The van der Waals surface area contributed by atoms with Gasteiger partial charge in [0.25, 0.3) is 0 Å². The summed E-state index contributed by atoms with van der Waals surface area (Å²) in [5, 5.41) is 16.1. The van der Waals surface area contributed by atoms with Crippen molar-refractivity contribution in [1.82, 2.24) is 30.3 Å². The molecule has 25 heavy (non-hydrogen) atoms. The lowest BCUT2D eigenvalue weighted by Crippen LogP contribution is -2.03. The Morgan fingerprint density at radius 2 is 2.04 bits per heavy atom. The molecule has 3 aromatic heterocycles. The molecule has 4 aromatic rings. The van der Waals surface area contributed by atoms with Gasteiger partial charge in [-0.05, 0) is 46.8 Å². The second-order valence-corrected chi connectivity index (χ2v) is 5.95. The Morgan fingerprint density at radius 1 is 1.16 bits per heavy atom. The maximum atomic E-state index is 13.0. The molecule has 0 fully saturated rings.